The molecular formula is C9H13NO. The molecule has 0 saturated heterocycles. The SMILES string of the molecule is C#CCN(C=O)C1CCCC1. The van der Waals surface area contributed by atoms with Crippen molar-refractivity contribution in [3.8, 4) is 12.3 Å². The second-order valence-corrected chi connectivity index (χ2v) is 2.92. The Hall–Kier alpha value is -0.970. The summed E-state index contributed by atoms with van der Waals surface area (Å²) in [7, 11) is 0. The van der Waals surface area contributed by atoms with Crippen molar-refractivity contribution in [1.29, 1.82) is 0 Å². The maximum absolute atomic E-state index is 10.5. The summed E-state index contributed by atoms with van der Waals surface area (Å²) in [6, 6.07) is 0.420. The van der Waals surface area contributed by atoms with Crippen molar-refractivity contribution >= 4 is 6.41 Å². The lowest BCUT2D eigenvalue weighted by molar-refractivity contribution is -0.119. The quantitative estimate of drug-likeness (QED) is 0.435. The summed E-state index contributed by atoms with van der Waals surface area (Å²) in [4.78, 5) is 12.2. The van der Waals surface area contributed by atoms with E-state index in [-0.39, 0.29) is 0 Å². The molecule has 60 valence electrons. The van der Waals surface area contributed by atoms with E-state index in [1.54, 1.807) is 4.90 Å². The third kappa shape index (κ3) is 1.98. The zero-order chi connectivity index (χ0) is 8.10. The summed E-state index contributed by atoms with van der Waals surface area (Å²) < 4.78 is 0. The van der Waals surface area contributed by atoms with Crippen LogP contribution in [0.1, 0.15) is 25.7 Å². The van der Waals surface area contributed by atoms with Crippen molar-refractivity contribution in [2.45, 2.75) is 31.7 Å². The van der Waals surface area contributed by atoms with E-state index >= 15 is 0 Å². The maximum Gasteiger partial charge on any atom is 0.210 e. The van der Waals surface area contributed by atoms with Crippen molar-refractivity contribution in [2.24, 2.45) is 0 Å². The summed E-state index contributed by atoms with van der Waals surface area (Å²) in [6.45, 7) is 0.466. The van der Waals surface area contributed by atoms with E-state index < -0.39 is 0 Å². The first-order chi connectivity index (χ1) is 5.38. The van der Waals surface area contributed by atoms with Crippen LogP contribution in [0.2, 0.25) is 0 Å². The zero-order valence-electron chi connectivity index (χ0n) is 6.62. The molecule has 1 rings (SSSR count). The van der Waals surface area contributed by atoms with Crippen LogP contribution in [0.5, 0.6) is 0 Å². The number of nitrogens with zero attached hydrogens (tertiary/aromatic N) is 1. The molecule has 0 aromatic carbocycles. The molecule has 0 unspecified atom stereocenters. The number of hydrogen-bond acceptors (Lipinski definition) is 1. The Morgan fingerprint density at radius 1 is 1.55 bits per heavy atom. The highest BCUT2D eigenvalue weighted by Gasteiger charge is 2.19. The standard InChI is InChI=1S/C9H13NO/c1-2-7-10(8-11)9-5-3-4-6-9/h1,8-9H,3-7H2. The number of carbonyl (C=O) groups is 1. The Morgan fingerprint density at radius 2 is 2.18 bits per heavy atom. The number of carbonyl (C=O) groups excluding carboxylic acids is 1. The fourth-order valence-electron chi connectivity index (χ4n) is 1.59. The zero-order valence-corrected chi connectivity index (χ0v) is 6.62. The lowest BCUT2D eigenvalue weighted by Gasteiger charge is -2.21. The van der Waals surface area contributed by atoms with E-state index in [0.717, 1.165) is 19.3 Å². The van der Waals surface area contributed by atoms with Gasteiger partial charge in [0.15, 0.2) is 0 Å². The molecule has 1 fully saturated rings. The van der Waals surface area contributed by atoms with Crippen LogP contribution in [0, 0.1) is 12.3 Å². The second-order valence-electron chi connectivity index (χ2n) is 2.92. The van der Waals surface area contributed by atoms with Crippen LogP contribution in [-0.2, 0) is 4.79 Å². The number of amides is 1. The molecule has 0 aromatic heterocycles. The van der Waals surface area contributed by atoms with Crippen LogP contribution < -0.4 is 0 Å². The number of rotatable bonds is 3. The summed E-state index contributed by atoms with van der Waals surface area (Å²) in [5.74, 6) is 2.49. The highest BCUT2D eigenvalue weighted by molar-refractivity contribution is 5.48. The van der Waals surface area contributed by atoms with E-state index in [2.05, 4.69) is 5.92 Å². The molecule has 2 heteroatoms. The van der Waals surface area contributed by atoms with Gasteiger partial charge in [0.05, 0.1) is 6.54 Å². The highest BCUT2D eigenvalue weighted by atomic mass is 16.1. The minimum atomic E-state index is 0.420. The van der Waals surface area contributed by atoms with Gasteiger partial charge in [-0.05, 0) is 12.8 Å². The third-order valence-electron chi connectivity index (χ3n) is 2.20. The van der Waals surface area contributed by atoms with E-state index in [9.17, 15) is 4.79 Å². The fraction of sp³-hybridized carbons (Fsp3) is 0.667. The van der Waals surface area contributed by atoms with E-state index in [1.807, 2.05) is 0 Å². The molecule has 0 N–H and O–H groups in total. The molecule has 2 nitrogen and oxygen atoms in total. The van der Waals surface area contributed by atoms with E-state index in [1.165, 1.54) is 12.8 Å². The van der Waals surface area contributed by atoms with Gasteiger partial charge < -0.3 is 4.90 Å². The van der Waals surface area contributed by atoms with Gasteiger partial charge in [0.1, 0.15) is 0 Å². The maximum atomic E-state index is 10.5. The molecule has 0 heterocycles. The molecule has 1 amide bonds. The van der Waals surface area contributed by atoms with Gasteiger partial charge in [-0.1, -0.05) is 18.8 Å². The average molecular weight is 151 g/mol. The Morgan fingerprint density at radius 3 is 2.64 bits per heavy atom. The van der Waals surface area contributed by atoms with E-state index in [4.69, 9.17) is 6.42 Å². The van der Waals surface area contributed by atoms with Crippen LogP contribution in [-0.4, -0.2) is 23.9 Å². The molecule has 1 saturated carbocycles. The molecule has 1 aliphatic rings. The predicted molar refractivity (Wildman–Crippen MR) is 43.9 cm³/mol. The van der Waals surface area contributed by atoms with Crippen molar-refractivity contribution in [3.05, 3.63) is 0 Å². The van der Waals surface area contributed by atoms with Gasteiger partial charge in [0, 0.05) is 6.04 Å². The van der Waals surface area contributed by atoms with Gasteiger partial charge in [0.2, 0.25) is 6.41 Å². The average Bonchev–Trinajstić information content (AvgIpc) is 2.52. The van der Waals surface area contributed by atoms with Crippen LogP contribution >= 0.6 is 0 Å². The van der Waals surface area contributed by atoms with Crippen LogP contribution in [0.25, 0.3) is 0 Å². The lowest BCUT2D eigenvalue weighted by Crippen LogP contribution is -2.32. The topological polar surface area (TPSA) is 20.3 Å². The Labute approximate surface area is 67.6 Å². The van der Waals surface area contributed by atoms with Crippen molar-refractivity contribution in [1.82, 2.24) is 4.90 Å². The summed E-state index contributed by atoms with van der Waals surface area (Å²) in [5.41, 5.74) is 0. The molecule has 0 spiro atoms. The third-order valence-corrected chi connectivity index (χ3v) is 2.20. The number of hydrogen-bond donors (Lipinski definition) is 0. The second kappa shape index (κ2) is 4.02. The summed E-state index contributed by atoms with van der Waals surface area (Å²) in [5, 5.41) is 0. The molecule has 0 radical (unpaired) electrons. The smallest absolute Gasteiger partial charge is 0.210 e. The van der Waals surface area contributed by atoms with Gasteiger partial charge in [-0.3, -0.25) is 4.79 Å². The first-order valence-electron chi connectivity index (χ1n) is 4.03. The van der Waals surface area contributed by atoms with Crippen LogP contribution in [0.4, 0.5) is 0 Å². The fourth-order valence-corrected chi connectivity index (χ4v) is 1.59. The Kier molecular flexibility index (Phi) is 2.97. The molecular weight excluding hydrogens is 138 g/mol. The minimum absolute atomic E-state index is 0.420. The molecule has 1 aliphatic carbocycles. The van der Waals surface area contributed by atoms with Gasteiger partial charge in [0.25, 0.3) is 0 Å². The van der Waals surface area contributed by atoms with Crippen LogP contribution in [0.15, 0.2) is 0 Å². The lowest BCUT2D eigenvalue weighted by atomic mass is 10.2. The number of terminal acetylenes is 1. The van der Waals surface area contributed by atoms with Gasteiger partial charge in [-0.2, -0.15) is 0 Å². The van der Waals surface area contributed by atoms with Crippen LogP contribution in [0.3, 0.4) is 0 Å². The molecule has 0 bridgehead atoms. The molecule has 11 heavy (non-hydrogen) atoms. The Bertz CT molecular complexity index is 165. The van der Waals surface area contributed by atoms with Gasteiger partial charge in [-0.15, -0.1) is 6.42 Å². The summed E-state index contributed by atoms with van der Waals surface area (Å²) >= 11 is 0. The predicted octanol–water partition coefficient (Wildman–Crippen LogP) is 1.02. The normalized spacial score (nSPS) is 17.7. The van der Waals surface area contributed by atoms with Gasteiger partial charge in [-0.25, -0.2) is 0 Å². The monoisotopic (exact) mass is 151 g/mol. The minimum Gasteiger partial charge on any atom is -0.331 e. The van der Waals surface area contributed by atoms with Crippen molar-refractivity contribution in [2.75, 3.05) is 6.54 Å². The largest absolute Gasteiger partial charge is 0.331 e. The Balaban J connectivity index is 2.41. The summed E-state index contributed by atoms with van der Waals surface area (Å²) in [6.07, 6.45) is 10.7. The molecule has 0 atom stereocenters. The first kappa shape index (κ1) is 8.13. The van der Waals surface area contributed by atoms with Crippen molar-refractivity contribution < 1.29 is 4.79 Å². The molecule has 0 aromatic rings. The van der Waals surface area contributed by atoms with E-state index in [0.29, 0.717) is 12.6 Å². The van der Waals surface area contributed by atoms with Gasteiger partial charge >= 0.3 is 0 Å². The van der Waals surface area contributed by atoms with Crippen molar-refractivity contribution in [3.63, 3.8) is 0 Å². The molecule has 0 aliphatic heterocycles. The first-order valence-corrected chi connectivity index (χ1v) is 4.03. The highest BCUT2D eigenvalue weighted by Crippen LogP contribution is 2.21.